The molecular weight excluding hydrogens is 324 g/mol. The van der Waals surface area contributed by atoms with Gasteiger partial charge >= 0.3 is 5.97 Å². The van der Waals surface area contributed by atoms with Crippen LogP contribution in [0.3, 0.4) is 0 Å². The predicted molar refractivity (Wildman–Crippen MR) is 94.8 cm³/mol. The van der Waals surface area contributed by atoms with Crippen LogP contribution >= 0.6 is 11.8 Å². The van der Waals surface area contributed by atoms with Gasteiger partial charge in [0.25, 0.3) is 5.91 Å². The van der Waals surface area contributed by atoms with Crippen molar-refractivity contribution in [1.82, 2.24) is 0 Å². The number of carbonyl (C=O) groups excluding carboxylic acids is 2. The highest BCUT2D eigenvalue weighted by molar-refractivity contribution is 8.18. The summed E-state index contributed by atoms with van der Waals surface area (Å²) in [5.41, 5.74) is 7.80. The van der Waals surface area contributed by atoms with E-state index in [1.165, 1.54) is 0 Å². The second-order valence-corrected chi connectivity index (χ2v) is 6.26. The highest BCUT2D eigenvalue weighted by Gasteiger charge is 2.19. The molecule has 2 aromatic rings. The standard InChI is InChI=1S/C18H14N2O3S/c1-11-3-2-4-13(9-11)17(22)23-14-7-5-12(6-8-14)10-15-16(21)20-18(19)24-15/h2-10H,1H3,(H2,19,20,21). The molecule has 2 N–H and O–H groups in total. The Balaban J connectivity index is 1.70. The minimum absolute atomic E-state index is 0.245. The number of nitrogens with two attached hydrogens (primary N) is 1. The van der Waals surface area contributed by atoms with E-state index in [0.717, 1.165) is 22.9 Å². The highest BCUT2D eigenvalue weighted by Crippen LogP contribution is 2.27. The zero-order valence-corrected chi connectivity index (χ0v) is 13.7. The lowest BCUT2D eigenvalue weighted by atomic mass is 10.1. The summed E-state index contributed by atoms with van der Waals surface area (Å²) in [6, 6.07) is 14.1. The van der Waals surface area contributed by atoms with E-state index in [-0.39, 0.29) is 11.1 Å². The number of hydrogen-bond donors (Lipinski definition) is 1. The molecule has 0 unspecified atom stereocenters. The van der Waals surface area contributed by atoms with Gasteiger partial charge in [0.05, 0.1) is 10.5 Å². The summed E-state index contributed by atoms with van der Waals surface area (Å²) in [7, 11) is 0. The Labute approximate surface area is 143 Å². The molecule has 0 fully saturated rings. The molecule has 0 saturated carbocycles. The van der Waals surface area contributed by atoms with Gasteiger partial charge in [-0.3, -0.25) is 4.79 Å². The number of benzene rings is 2. The molecule has 5 nitrogen and oxygen atoms in total. The normalized spacial score (nSPS) is 15.5. The molecule has 1 aliphatic rings. The average Bonchev–Trinajstić information content (AvgIpc) is 2.87. The number of nitrogens with zero attached hydrogens (tertiary/aromatic N) is 1. The van der Waals surface area contributed by atoms with Crippen LogP contribution < -0.4 is 10.5 Å². The lowest BCUT2D eigenvalue weighted by Gasteiger charge is -2.05. The first-order valence-electron chi connectivity index (χ1n) is 7.18. The van der Waals surface area contributed by atoms with E-state index in [9.17, 15) is 9.59 Å². The lowest BCUT2D eigenvalue weighted by molar-refractivity contribution is -0.113. The molecule has 1 heterocycles. The Morgan fingerprint density at radius 1 is 1.21 bits per heavy atom. The minimum Gasteiger partial charge on any atom is -0.423 e. The van der Waals surface area contributed by atoms with Crippen molar-refractivity contribution in [2.24, 2.45) is 10.7 Å². The van der Waals surface area contributed by atoms with Crippen LogP contribution in [0.5, 0.6) is 5.75 Å². The number of amides is 1. The molecule has 0 spiro atoms. The van der Waals surface area contributed by atoms with E-state index < -0.39 is 5.97 Å². The van der Waals surface area contributed by atoms with Crippen LogP contribution in [0, 0.1) is 6.92 Å². The molecule has 0 bridgehead atoms. The molecule has 3 rings (SSSR count). The molecule has 0 aliphatic carbocycles. The van der Waals surface area contributed by atoms with E-state index >= 15 is 0 Å². The second-order valence-electron chi connectivity index (χ2n) is 5.19. The van der Waals surface area contributed by atoms with Crippen LogP contribution in [0.4, 0.5) is 0 Å². The van der Waals surface area contributed by atoms with Crippen LogP contribution in [0.25, 0.3) is 6.08 Å². The van der Waals surface area contributed by atoms with Crippen molar-refractivity contribution in [2.45, 2.75) is 6.92 Å². The predicted octanol–water partition coefficient (Wildman–Crippen LogP) is 3.14. The third kappa shape index (κ3) is 3.72. The number of rotatable bonds is 3. The van der Waals surface area contributed by atoms with Crippen LogP contribution in [0.15, 0.2) is 58.4 Å². The fourth-order valence-corrected chi connectivity index (χ4v) is 2.83. The zero-order chi connectivity index (χ0) is 17.1. The fourth-order valence-electron chi connectivity index (χ4n) is 2.15. The number of amidine groups is 1. The Morgan fingerprint density at radius 3 is 2.58 bits per heavy atom. The maximum Gasteiger partial charge on any atom is 0.343 e. The Kier molecular flexibility index (Phi) is 4.48. The third-order valence-electron chi connectivity index (χ3n) is 3.28. The molecule has 120 valence electrons. The number of ether oxygens (including phenoxy) is 1. The van der Waals surface area contributed by atoms with Gasteiger partial charge in [-0.25, -0.2) is 4.79 Å². The minimum atomic E-state index is -0.410. The maximum absolute atomic E-state index is 12.1. The smallest absolute Gasteiger partial charge is 0.343 e. The Morgan fingerprint density at radius 2 is 1.96 bits per heavy atom. The number of carbonyl (C=O) groups is 2. The largest absolute Gasteiger partial charge is 0.423 e. The summed E-state index contributed by atoms with van der Waals surface area (Å²) in [5.74, 6) is -0.315. The summed E-state index contributed by atoms with van der Waals surface area (Å²) in [4.78, 5) is 27.8. The summed E-state index contributed by atoms with van der Waals surface area (Å²) in [6.45, 7) is 1.91. The summed E-state index contributed by atoms with van der Waals surface area (Å²) in [6.07, 6.45) is 1.70. The van der Waals surface area contributed by atoms with E-state index in [1.807, 2.05) is 19.1 Å². The monoisotopic (exact) mass is 338 g/mol. The Hall–Kier alpha value is -2.86. The topological polar surface area (TPSA) is 81.8 Å². The molecular formula is C18H14N2O3S. The number of esters is 1. The van der Waals surface area contributed by atoms with Gasteiger partial charge in [0, 0.05) is 0 Å². The van der Waals surface area contributed by atoms with E-state index in [2.05, 4.69) is 4.99 Å². The molecule has 1 aliphatic heterocycles. The molecule has 6 heteroatoms. The summed E-state index contributed by atoms with van der Waals surface area (Å²) in [5, 5.41) is 0.245. The molecule has 0 radical (unpaired) electrons. The fraction of sp³-hybridized carbons (Fsp3) is 0.0556. The number of aryl methyl sites for hydroxylation is 1. The van der Waals surface area contributed by atoms with Gasteiger partial charge in [0.1, 0.15) is 5.75 Å². The SMILES string of the molecule is Cc1cccc(C(=O)Oc2ccc(C=C3SC(N)=NC3=O)cc2)c1. The number of thioether (sulfide) groups is 1. The van der Waals surface area contributed by atoms with Gasteiger partial charge in [-0.1, -0.05) is 29.8 Å². The quantitative estimate of drug-likeness (QED) is 0.528. The molecule has 24 heavy (non-hydrogen) atoms. The maximum atomic E-state index is 12.1. The Bertz CT molecular complexity index is 870. The average molecular weight is 338 g/mol. The van der Waals surface area contributed by atoms with Crippen LogP contribution in [-0.4, -0.2) is 17.0 Å². The summed E-state index contributed by atoms with van der Waals surface area (Å²) >= 11 is 1.14. The van der Waals surface area contributed by atoms with Gasteiger partial charge < -0.3 is 10.5 Å². The molecule has 2 aromatic carbocycles. The van der Waals surface area contributed by atoms with Gasteiger partial charge in [-0.05, 0) is 54.6 Å². The van der Waals surface area contributed by atoms with Crippen molar-refractivity contribution in [3.63, 3.8) is 0 Å². The van der Waals surface area contributed by atoms with Crippen molar-refractivity contribution >= 4 is 34.9 Å². The first-order valence-corrected chi connectivity index (χ1v) is 8.00. The highest BCUT2D eigenvalue weighted by atomic mass is 32.2. The number of aliphatic imine (C=N–C) groups is 1. The molecule has 1 amide bonds. The first-order chi connectivity index (χ1) is 11.5. The van der Waals surface area contributed by atoms with Crippen molar-refractivity contribution in [3.8, 4) is 5.75 Å². The third-order valence-corrected chi connectivity index (χ3v) is 4.09. The first kappa shape index (κ1) is 16.0. The van der Waals surface area contributed by atoms with E-state index in [4.69, 9.17) is 10.5 Å². The number of hydrogen-bond acceptors (Lipinski definition) is 5. The lowest BCUT2D eigenvalue weighted by Crippen LogP contribution is -2.08. The van der Waals surface area contributed by atoms with E-state index in [1.54, 1.807) is 42.5 Å². The molecule has 0 aromatic heterocycles. The van der Waals surface area contributed by atoms with E-state index in [0.29, 0.717) is 16.2 Å². The van der Waals surface area contributed by atoms with Crippen LogP contribution in [0.1, 0.15) is 21.5 Å². The van der Waals surface area contributed by atoms with Crippen molar-refractivity contribution in [1.29, 1.82) is 0 Å². The van der Waals surface area contributed by atoms with Gasteiger partial charge in [-0.15, -0.1) is 0 Å². The second kappa shape index (κ2) is 6.72. The molecule has 0 atom stereocenters. The van der Waals surface area contributed by atoms with Crippen LogP contribution in [-0.2, 0) is 4.79 Å². The van der Waals surface area contributed by atoms with Crippen molar-refractivity contribution in [3.05, 3.63) is 70.1 Å². The summed E-state index contributed by atoms with van der Waals surface area (Å²) < 4.78 is 5.34. The van der Waals surface area contributed by atoms with Crippen LogP contribution in [0.2, 0.25) is 0 Å². The van der Waals surface area contributed by atoms with Gasteiger partial charge in [0.15, 0.2) is 5.17 Å². The van der Waals surface area contributed by atoms with Gasteiger partial charge in [0.2, 0.25) is 0 Å². The van der Waals surface area contributed by atoms with Crippen molar-refractivity contribution in [2.75, 3.05) is 0 Å². The van der Waals surface area contributed by atoms with Gasteiger partial charge in [-0.2, -0.15) is 4.99 Å². The zero-order valence-electron chi connectivity index (χ0n) is 12.9. The van der Waals surface area contributed by atoms with Crippen molar-refractivity contribution < 1.29 is 14.3 Å². The molecule has 0 saturated heterocycles.